The average molecular weight is 210 g/mol. The van der Waals surface area contributed by atoms with Gasteiger partial charge in [0, 0.05) is 12.7 Å². The third-order valence-electron chi connectivity index (χ3n) is 3.31. The van der Waals surface area contributed by atoms with Gasteiger partial charge in [0.25, 0.3) is 0 Å². The maximum absolute atomic E-state index is 10.3. The molecular weight excluding hydrogens is 192 g/mol. The zero-order valence-corrected chi connectivity index (χ0v) is 9.06. The quantitative estimate of drug-likeness (QED) is 0.789. The van der Waals surface area contributed by atoms with Crippen LogP contribution in [-0.4, -0.2) is 25.6 Å². The van der Waals surface area contributed by atoms with Crippen LogP contribution in [0.1, 0.15) is 44.4 Å². The SMILES string of the molecule is CCn1nccc1C(O)C1(O)CCCC1. The summed E-state index contributed by atoms with van der Waals surface area (Å²) in [5, 5.41) is 24.5. The van der Waals surface area contributed by atoms with Crippen LogP contribution in [0, 0.1) is 0 Å². The second-order valence-electron chi connectivity index (χ2n) is 4.29. The smallest absolute Gasteiger partial charge is 0.124 e. The van der Waals surface area contributed by atoms with Crippen molar-refractivity contribution in [2.45, 2.75) is 50.9 Å². The van der Waals surface area contributed by atoms with Crippen LogP contribution in [0.25, 0.3) is 0 Å². The molecule has 1 aromatic rings. The van der Waals surface area contributed by atoms with E-state index in [2.05, 4.69) is 5.10 Å². The molecule has 1 unspecified atom stereocenters. The third-order valence-corrected chi connectivity index (χ3v) is 3.31. The molecule has 1 atom stereocenters. The molecule has 0 saturated heterocycles. The predicted molar refractivity (Wildman–Crippen MR) is 56.3 cm³/mol. The first kappa shape index (κ1) is 10.6. The minimum Gasteiger partial charge on any atom is -0.387 e. The molecule has 4 nitrogen and oxygen atoms in total. The summed E-state index contributed by atoms with van der Waals surface area (Å²) in [7, 11) is 0. The maximum Gasteiger partial charge on any atom is 0.124 e. The molecular formula is C11H18N2O2. The van der Waals surface area contributed by atoms with Gasteiger partial charge in [-0.1, -0.05) is 12.8 Å². The molecule has 15 heavy (non-hydrogen) atoms. The van der Waals surface area contributed by atoms with E-state index >= 15 is 0 Å². The Morgan fingerprint density at radius 1 is 1.53 bits per heavy atom. The number of rotatable bonds is 3. The lowest BCUT2D eigenvalue weighted by Gasteiger charge is -2.28. The van der Waals surface area contributed by atoms with E-state index in [1.807, 2.05) is 6.92 Å². The fourth-order valence-corrected chi connectivity index (χ4v) is 2.38. The van der Waals surface area contributed by atoms with Crippen LogP contribution in [-0.2, 0) is 6.54 Å². The van der Waals surface area contributed by atoms with Crippen molar-refractivity contribution >= 4 is 0 Å². The Bertz CT molecular complexity index is 329. The molecule has 0 amide bonds. The minimum atomic E-state index is -0.938. The van der Waals surface area contributed by atoms with Crippen LogP contribution in [0.4, 0.5) is 0 Å². The van der Waals surface area contributed by atoms with Crippen LogP contribution in [0.2, 0.25) is 0 Å². The number of nitrogens with zero attached hydrogens (tertiary/aromatic N) is 2. The largest absolute Gasteiger partial charge is 0.387 e. The summed E-state index contributed by atoms with van der Waals surface area (Å²) in [5.74, 6) is 0. The molecule has 1 aromatic heterocycles. The highest BCUT2D eigenvalue weighted by Gasteiger charge is 2.40. The summed E-state index contributed by atoms with van der Waals surface area (Å²) in [4.78, 5) is 0. The summed E-state index contributed by atoms with van der Waals surface area (Å²) < 4.78 is 1.74. The van der Waals surface area contributed by atoms with Crippen molar-refractivity contribution in [1.29, 1.82) is 0 Å². The van der Waals surface area contributed by atoms with Crippen LogP contribution in [0.15, 0.2) is 12.3 Å². The molecule has 0 aromatic carbocycles. The molecule has 4 heteroatoms. The van der Waals surface area contributed by atoms with Crippen LogP contribution in [0.5, 0.6) is 0 Å². The van der Waals surface area contributed by atoms with Gasteiger partial charge in [-0.15, -0.1) is 0 Å². The average Bonchev–Trinajstić information content (AvgIpc) is 2.85. The zero-order chi connectivity index (χ0) is 10.9. The van der Waals surface area contributed by atoms with Crippen LogP contribution in [0.3, 0.4) is 0 Å². The van der Waals surface area contributed by atoms with Gasteiger partial charge >= 0.3 is 0 Å². The number of aliphatic hydroxyl groups excluding tert-OH is 1. The van der Waals surface area contributed by atoms with Gasteiger partial charge in [0.05, 0.1) is 11.3 Å². The van der Waals surface area contributed by atoms with Crippen molar-refractivity contribution < 1.29 is 10.2 Å². The number of aromatic nitrogens is 2. The van der Waals surface area contributed by atoms with Gasteiger partial charge < -0.3 is 10.2 Å². The Morgan fingerprint density at radius 3 is 2.80 bits per heavy atom. The number of aliphatic hydroxyl groups is 2. The Hall–Kier alpha value is -0.870. The van der Waals surface area contributed by atoms with E-state index in [-0.39, 0.29) is 0 Å². The predicted octanol–water partition coefficient (Wildman–Crippen LogP) is 1.24. The summed E-state index contributed by atoms with van der Waals surface area (Å²) in [5.41, 5.74) is -0.214. The van der Waals surface area contributed by atoms with Crippen molar-refractivity contribution in [1.82, 2.24) is 9.78 Å². The van der Waals surface area contributed by atoms with E-state index < -0.39 is 11.7 Å². The molecule has 0 bridgehead atoms. The standard InChI is InChI=1S/C11H18N2O2/c1-2-13-9(5-8-12-13)10(14)11(15)6-3-4-7-11/h5,8,10,14-15H,2-4,6-7H2,1H3. The zero-order valence-electron chi connectivity index (χ0n) is 9.06. The highest BCUT2D eigenvalue weighted by atomic mass is 16.3. The summed E-state index contributed by atoms with van der Waals surface area (Å²) in [6.07, 6.45) is 4.22. The highest BCUT2D eigenvalue weighted by molar-refractivity contribution is 5.11. The molecule has 0 aliphatic heterocycles. The second-order valence-corrected chi connectivity index (χ2v) is 4.29. The molecule has 1 aliphatic rings. The Balaban J connectivity index is 2.23. The monoisotopic (exact) mass is 210 g/mol. The minimum absolute atomic E-state index is 0.684. The molecule has 1 fully saturated rings. The molecule has 0 spiro atoms. The van der Waals surface area contributed by atoms with Crippen molar-refractivity contribution in [3.8, 4) is 0 Å². The fourth-order valence-electron chi connectivity index (χ4n) is 2.38. The van der Waals surface area contributed by atoms with Crippen molar-refractivity contribution in [3.63, 3.8) is 0 Å². The van der Waals surface area contributed by atoms with Crippen LogP contribution < -0.4 is 0 Å². The van der Waals surface area contributed by atoms with Crippen molar-refractivity contribution in [3.05, 3.63) is 18.0 Å². The molecule has 1 aliphatic carbocycles. The summed E-state index contributed by atoms with van der Waals surface area (Å²) in [6.45, 7) is 2.69. The molecule has 1 heterocycles. The van der Waals surface area contributed by atoms with E-state index in [4.69, 9.17) is 0 Å². The molecule has 84 valence electrons. The Kier molecular flexibility index (Phi) is 2.80. The van der Waals surface area contributed by atoms with Crippen molar-refractivity contribution in [2.24, 2.45) is 0 Å². The molecule has 0 radical (unpaired) electrons. The van der Waals surface area contributed by atoms with E-state index in [0.717, 1.165) is 25.1 Å². The summed E-state index contributed by atoms with van der Waals surface area (Å²) >= 11 is 0. The highest BCUT2D eigenvalue weighted by Crippen LogP contribution is 2.39. The molecule has 2 N–H and O–H groups in total. The lowest BCUT2D eigenvalue weighted by atomic mass is 9.92. The van der Waals surface area contributed by atoms with Gasteiger partial charge in [-0.2, -0.15) is 5.10 Å². The number of hydrogen-bond acceptors (Lipinski definition) is 3. The Labute approximate surface area is 89.5 Å². The topological polar surface area (TPSA) is 58.3 Å². The van der Waals surface area contributed by atoms with E-state index in [0.29, 0.717) is 12.8 Å². The van der Waals surface area contributed by atoms with E-state index in [9.17, 15) is 10.2 Å². The van der Waals surface area contributed by atoms with Gasteiger partial charge in [0.2, 0.25) is 0 Å². The van der Waals surface area contributed by atoms with Gasteiger partial charge in [-0.25, -0.2) is 0 Å². The van der Waals surface area contributed by atoms with Gasteiger partial charge in [-0.3, -0.25) is 4.68 Å². The molecule has 1 saturated carbocycles. The first-order valence-electron chi connectivity index (χ1n) is 5.59. The molecule has 2 rings (SSSR count). The third kappa shape index (κ3) is 1.79. The Morgan fingerprint density at radius 2 is 2.20 bits per heavy atom. The second kappa shape index (κ2) is 3.94. The van der Waals surface area contributed by atoms with Crippen LogP contribution >= 0.6 is 0 Å². The van der Waals surface area contributed by atoms with E-state index in [1.165, 1.54) is 0 Å². The summed E-state index contributed by atoms with van der Waals surface area (Å²) in [6, 6.07) is 1.78. The first-order valence-corrected chi connectivity index (χ1v) is 5.59. The van der Waals surface area contributed by atoms with Gasteiger partial charge in [0.1, 0.15) is 6.10 Å². The maximum atomic E-state index is 10.3. The van der Waals surface area contributed by atoms with Crippen molar-refractivity contribution in [2.75, 3.05) is 0 Å². The van der Waals surface area contributed by atoms with Gasteiger partial charge in [0.15, 0.2) is 0 Å². The lowest BCUT2D eigenvalue weighted by molar-refractivity contribution is -0.0755. The van der Waals surface area contributed by atoms with E-state index in [1.54, 1.807) is 16.9 Å². The first-order chi connectivity index (χ1) is 7.17. The van der Waals surface area contributed by atoms with Gasteiger partial charge in [-0.05, 0) is 25.8 Å². The fraction of sp³-hybridized carbons (Fsp3) is 0.727. The lowest BCUT2D eigenvalue weighted by Crippen LogP contribution is -2.34. The number of hydrogen-bond donors (Lipinski definition) is 2. The number of aryl methyl sites for hydroxylation is 1. The normalized spacial score (nSPS) is 21.8.